The van der Waals surface area contributed by atoms with Gasteiger partial charge in [0.25, 0.3) is 5.79 Å². The maximum absolute atomic E-state index is 12.2. The van der Waals surface area contributed by atoms with Gasteiger partial charge in [0.2, 0.25) is 5.91 Å². The summed E-state index contributed by atoms with van der Waals surface area (Å²) < 4.78 is 26.8. The average molecular weight is 634 g/mol. The molecule has 0 saturated carbocycles. The van der Waals surface area contributed by atoms with Gasteiger partial charge in [-0.1, -0.05) is 0 Å². The Balaban J connectivity index is 1.84. The molecule has 3 aliphatic heterocycles. The molecule has 16 atom stereocenters. The second-order valence-electron chi connectivity index (χ2n) is 10.5. The Kier molecular flexibility index (Phi) is 12.1. The van der Waals surface area contributed by atoms with Crippen LogP contribution in [0.25, 0.3) is 0 Å². The number of hydrogen-bond donors (Lipinski definition) is 13. The van der Waals surface area contributed by atoms with Crippen molar-refractivity contribution in [1.29, 1.82) is 0 Å². The molecule has 20 nitrogen and oxygen atoms in total. The van der Waals surface area contributed by atoms with E-state index in [9.17, 15) is 65.8 Å². The van der Waals surface area contributed by atoms with Gasteiger partial charge in [0.05, 0.1) is 25.9 Å². The molecule has 0 aromatic rings. The highest BCUT2D eigenvalue weighted by Crippen LogP contribution is 2.35. The molecule has 0 unspecified atom stereocenters. The Labute approximate surface area is 243 Å². The Bertz CT molecular complexity index is 942. The highest BCUT2D eigenvalue weighted by Gasteiger charge is 2.57. The summed E-state index contributed by atoms with van der Waals surface area (Å²) >= 11 is 0. The zero-order chi connectivity index (χ0) is 32.4. The molecular formula is C23H39NO19. The number of carbonyl (C=O) groups excluding carboxylic acids is 1. The molecule has 0 aromatic carbocycles. The third-order valence-corrected chi connectivity index (χ3v) is 7.46. The first kappa shape index (κ1) is 35.8. The van der Waals surface area contributed by atoms with Crippen LogP contribution in [0.3, 0.4) is 0 Å². The molecule has 0 aromatic heterocycles. The predicted octanol–water partition coefficient (Wildman–Crippen LogP) is -8.22. The van der Waals surface area contributed by atoms with E-state index in [0.717, 1.165) is 6.92 Å². The molecule has 0 spiro atoms. The van der Waals surface area contributed by atoms with Crippen LogP contribution in [0.15, 0.2) is 0 Å². The summed E-state index contributed by atoms with van der Waals surface area (Å²) in [4.78, 5) is 24.0. The summed E-state index contributed by atoms with van der Waals surface area (Å²) in [6.07, 6.45) is -27.0. The third kappa shape index (κ3) is 7.58. The molecule has 43 heavy (non-hydrogen) atoms. The van der Waals surface area contributed by atoms with Gasteiger partial charge in [0.15, 0.2) is 12.6 Å². The fourth-order valence-corrected chi connectivity index (χ4v) is 5.02. The molecule has 13 N–H and O–H groups in total. The number of rotatable bonds is 11. The molecule has 250 valence electrons. The molecule has 3 aliphatic rings. The smallest absolute Gasteiger partial charge is 0.364 e. The van der Waals surface area contributed by atoms with E-state index >= 15 is 0 Å². The van der Waals surface area contributed by atoms with Crippen LogP contribution < -0.4 is 5.32 Å². The highest BCUT2D eigenvalue weighted by molar-refractivity contribution is 5.76. The van der Waals surface area contributed by atoms with Gasteiger partial charge in [-0.3, -0.25) is 4.79 Å². The number of amides is 1. The second kappa shape index (κ2) is 14.6. The molecule has 1 amide bonds. The van der Waals surface area contributed by atoms with Crippen molar-refractivity contribution in [2.45, 2.75) is 111 Å². The topological polar surface area (TPSA) is 335 Å². The quantitative estimate of drug-likeness (QED) is 0.100. The van der Waals surface area contributed by atoms with Gasteiger partial charge in [0.1, 0.15) is 73.2 Å². The van der Waals surface area contributed by atoms with Crippen LogP contribution in [0.4, 0.5) is 0 Å². The first-order valence-electron chi connectivity index (χ1n) is 13.2. The minimum atomic E-state index is -2.84. The zero-order valence-electron chi connectivity index (χ0n) is 22.7. The van der Waals surface area contributed by atoms with Gasteiger partial charge in [-0.15, -0.1) is 0 Å². The lowest BCUT2D eigenvalue weighted by Gasteiger charge is -2.48. The summed E-state index contributed by atoms with van der Waals surface area (Å²) in [6, 6.07) is -1.56. The van der Waals surface area contributed by atoms with Crippen molar-refractivity contribution in [2.75, 3.05) is 19.8 Å². The number of hydrogen-bond acceptors (Lipinski definition) is 18. The van der Waals surface area contributed by atoms with E-state index in [1.807, 2.05) is 0 Å². The number of ether oxygens (including phenoxy) is 5. The number of aliphatic hydroxyl groups is 11. The molecular weight excluding hydrogens is 594 g/mol. The molecule has 0 bridgehead atoms. The van der Waals surface area contributed by atoms with Gasteiger partial charge >= 0.3 is 5.97 Å². The Morgan fingerprint density at radius 3 is 2.14 bits per heavy atom. The van der Waals surface area contributed by atoms with Gasteiger partial charge in [0, 0.05) is 13.3 Å². The number of carboxylic acid groups (broad SMARTS) is 1. The standard InChI is InChI=1S/C23H39NO19/c1-6(27)24-11-18(42-21-17(35)16(34)14(32)9(4-26)41-21)15(33)10(40-20(11)36)5-39-23(22(37)38)2-7(28)12(30)19(43-23)13(31)8(29)3-25/h7-21,25-26,28-36H,2-5H2,1H3,(H,24,27)(H,37,38)/t7-,8+,9+,10+,11+,12+,13+,14-,15-,16-,17+,18+,19+,20-,21+,23+/m0/s1. The van der Waals surface area contributed by atoms with Gasteiger partial charge in [-0.25, -0.2) is 4.79 Å². The van der Waals surface area contributed by atoms with E-state index in [1.54, 1.807) is 0 Å². The lowest BCUT2D eigenvalue weighted by atomic mass is 9.90. The van der Waals surface area contributed by atoms with Crippen molar-refractivity contribution in [3.8, 4) is 0 Å². The van der Waals surface area contributed by atoms with E-state index in [0.29, 0.717) is 0 Å². The molecule has 3 rings (SSSR count). The van der Waals surface area contributed by atoms with E-state index in [1.165, 1.54) is 0 Å². The fourth-order valence-electron chi connectivity index (χ4n) is 5.02. The highest BCUT2D eigenvalue weighted by atomic mass is 16.7. The summed E-state index contributed by atoms with van der Waals surface area (Å²) in [5.74, 6) is -5.46. The van der Waals surface area contributed by atoms with Crippen LogP contribution in [0.5, 0.6) is 0 Å². The summed E-state index contributed by atoms with van der Waals surface area (Å²) in [5, 5.41) is 123. The zero-order valence-corrected chi connectivity index (χ0v) is 22.7. The lowest BCUT2D eigenvalue weighted by Crippen LogP contribution is -2.68. The molecule has 3 heterocycles. The maximum Gasteiger partial charge on any atom is 0.364 e. The van der Waals surface area contributed by atoms with E-state index in [2.05, 4.69) is 5.32 Å². The fraction of sp³-hybridized carbons (Fsp3) is 0.913. The number of nitrogens with one attached hydrogen (secondary N) is 1. The van der Waals surface area contributed by atoms with Crippen molar-refractivity contribution in [3.63, 3.8) is 0 Å². The lowest BCUT2D eigenvalue weighted by molar-refractivity contribution is -0.355. The van der Waals surface area contributed by atoms with Crippen molar-refractivity contribution >= 4 is 11.9 Å². The van der Waals surface area contributed by atoms with Crippen LogP contribution in [0, 0.1) is 0 Å². The third-order valence-electron chi connectivity index (χ3n) is 7.46. The Hall–Kier alpha value is -1.70. The van der Waals surface area contributed by atoms with E-state index in [4.69, 9.17) is 28.8 Å². The van der Waals surface area contributed by atoms with Crippen LogP contribution in [-0.2, 0) is 33.3 Å². The summed E-state index contributed by atoms with van der Waals surface area (Å²) in [5.41, 5.74) is 0. The first-order valence-corrected chi connectivity index (χ1v) is 13.2. The monoisotopic (exact) mass is 633 g/mol. The number of carbonyl (C=O) groups is 2. The predicted molar refractivity (Wildman–Crippen MR) is 130 cm³/mol. The minimum Gasteiger partial charge on any atom is -0.477 e. The number of carboxylic acids is 1. The second-order valence-corrected chi connectivity index (χ2v) is 10.5. The molecule has 3 fully saturated rings. The SMILES string of the molecule is CC(=O)N[C@@H]1[C@@H](O[C@H]2O[C@H](CO)[C@H](O)[C@H](O)[C@H]2O)[C@@H](O)[C@@H](CO[C@]2(C(=O)O)C[C@H](O)[C@@H](O)[C@H]([C@H](O)[C@H](O)CO)O2)O[C@@H]1O. The number of aliphatic carboxylic acids is 1. The minimum absolute atomic E-state index is 0.736. The molecule has 20 heteroatoms. The van der Waals surface area contributed by atoms with Crippen molar-refractivity contribution in [2.24, 2.45) is 0 Å². The van der Waals surface area contributed by atoms with Gasteiger partial charge in [-0.2, -0.15) is 0 Å². The molecule has 0 radical (unpaired) electrons. The van der Waals surface area contributed by atoms with Crippen LogP contribution >= 0.6 is 0 Å². The Morgan fingerprint density at radius 2 is 1.58 bits per heavy atom. The van der Waals surface area contributed by atoms with Gasteiger partial charge in [-0.05, 0) is 0 Å². The van der Waals surface area contributed by atoms with Crippen LogP contribution in [0.1, 0.15) is 13.3 Å². The van der Waals surface area contributed by atoms with Crippen LogP contribution in [-0.4, -0.2) is 191 Å². The summed E-state index contributed by atoms with van der Waals surface area (Å²) in [7, 11) is 0. The van der Waals surface area contributed by atoms with Gasteiger partial charge < -0.3 is 90.3 Å². The van der Waals surface area contributed by atoms with Crippen LogP contribution in [0.2, 0.25) is 0 Å². The normalized spacial score (nSPS) is 45.3. The van der Waals surface area contributed by atoms with E-state index < -0.39 is 136 Å². The summed E-state index contributed by atoms with van der Waals surface area (Å²) in [6.45, 7) is -1.75. The largest absolute Gasteiger partial charge is 0.477 e. The van der Waals surface area contributed by atoms with Crippen molar-refractivity contribution in [1.82, 2.24) is 5.32 Å². The van der Waals surface area contributed by atoms with Crippen molar-refractivity contribution < 1.29 is 94.6 Å². The number of aliphatic hydroxyl groups excluding tert-OH is 11. The molecule has 0 aliphatic carbocycles. The first-order chi connectivity index (χ1) is 20.1. The van der Waals surface area contributed by atoms with Crippen molar-refractivity contribution in [3.05, 3.63) is 0 Å². The van der Waals surface area contributed by atoms with E-state index in [-0.39, 0.29) is 0 Å². The Morgan fingerprint density at radius 1 is 0.930 bits per heavy atom. The molecule has 3 saturated heterocycles. The maximum atomic E-state index is 12.2. The average Bonchev–Trinajstić information content (AvgIpc) is 2.96.